The van der Waals surface area contributed by atoms with Crippen molar-refractivity contribution in [1.82, 2.24) is 9.97 Å². The highest BCUT2D eigenvalue weighted by atomic mass is 16.3. The van der Waals surface area contributed by atoms with Crippen molar-refractivity contribution in [3.63, 3.8) is 0 Å². The highest BCUT2D eigenvalue weighted by Gasteiger charge is 2.56. The molecular weight excluding hydrogens is 176 g/mol. The van der Waals surface area contributed by atoms with Gasteiger partial charge in [0.2, 0.25) is 0 Å². The zero-order valence-electron chi connectivity index (χ0n) is 8.86. The minimum Gasteiger partial charge on any atom is -0.383 e. The zero-order chi connectivity index (χ0) is 10.4. The van der Waals surface area contributed by atoms with Crippen molar-refractivity contribution in [2.24, 2.45) is 11.3 Å². The Morgan fingerprint density at radius 3 is 2.57 bits per heavy atom. The van der Waals surface area contributed by atoms with E-state index in [1.165, 1.54) is 0 Å². The van der Waals surface area contributed by atoms with Gasteiger partial charge < -0.3 is 5.11 Å². The van der Waals surface area contributed by atoms with Crippen LogP contribution in [0.2, 0.25) is 0 Å². The van der Waals surface area contributed by atoms with Crippen LogP contribution in [0.5, 0.6) is 0 Å². The molecule has 1 aromatic heterocycles. The van der Waals surface area contributed by atoms with E-state index < -0.39 is 5.60 Å². The van der Waals surface area contributed by atoms with E-state index in [0.717, 1.165) is 6.42 Å². The molecule has 1 aromatic rings. The van der Waals surface area contributed by atoms with E-state index in [-0.39, 0.29) is 5.41 Å². The van der Waals surface area contributed by atoms with E-state index in [1.54, 1.807) is 18.6 Å². The highest BCUT2D eigenvalue weighted by Crippen LogP contribution is 2.59. The fraction of sp³-hybridized carbons (Fsp3) is 0.636. The minimum atomic E-state index is -0.836. The van der Waals surface area contributed by atoms with Gasteiger partial charge in [0.1, 0.15) is 5.60 Å². The maximum absolute atomic E-state index is 10.4. The first-order valence-electron chi connectivity index (χ1n) is 4.93. The first-order chi connectivity index (χ1) is 6.44. The van der Waals surface area contributed by atoms with E-state index >= 15 is 0 Å². The molecular formula is C11H16N2O. The summed E-state index contributed by atoms with van der Waals surface area (Å²) < 4.78 is 0. The molecule has 1 aliphatic carbocycles. The van der Waals surface area contributed by atoms with Crippen LogP contribution in [0.3, 0.4) is 0 Å². The third kappa shape index (κ3) is 1.42. The second-order valence-corrected chi connectivity index (χ2v) is 4.98. The largest absolute Gasteiger partial charge is 0.383 e. The van der Waals surface area contributed by atoms with Crippen molar-refractivity contribution in [3.8, 4) is 0 Å². The second kappa shape index (κ2) is 2.76. The molecule has 1 heterocycles. The normalized spacial score (nSPS) is 28.1. The van der Waals surface area contributed by atoms with Crippen LogP contribution in [0.15, 0.2) is 18.6 Å². The zero-order valence-corrected chi connectivity index (χ0v) is 8.86. The minimum absolute atomic E-state index is 0.237. The Bertz CT molecular complexity index is 332. The van der Waals surface area contributed by atoms with Gasteiger partial charge in [0.05, 0.1) is 11.9 Å². The number of hydrogen-bond donors (Lipinski definition) is 1. The summed E-state index contributed by atoms with van der Waals surface area (Å²) in [7, 11) is 0. The van der Waals surface area contributed by atoms with Crippen LogP contribution in [-0.2, 0) is 5.60 Å². The van der Waals surface area contributed by atoms with Crippen LogP contribution < -0.4 is 0 Å². The standard InChI is InChI=1S/C11H16N2O/c1-10(2)6-8(10)11(3,14)9-7-12-4-5-13-9/h4-5,7-8,14H,6H2,1-3H3. The molecule has 1 fully saturated rings. The van der Waals surface area contributed by atoms with Gasteiger partial charge in [-0.3, -0.25) is 9.97 Å². The summed E-state index contributed by atoms with van der Waals surface area (Å²) in [6.07, 6.45) is 5.95. The molecule has 2 unspecified atom stereocenters. The van der Waals surface area contributed by atoms with Crippen LogP contribution in [0, 0.1) is 11.3 Å². The highest BCUT2D eigenvalue weighted by molar-refractivity contribution is 5.16. The molecule has 0 saturated heterocycles. The molecule has 0 radical (unpaired) electrons. The molecule has 0 aromatic carbocycles. The summed E-state index contributed by atoms with van der Waals surface area (Å²) in [6.45, 7) is 6.17. The van der Waals surface area contributed by atoms with E-state index in [9.17, 15) is 5.11 Å². The van der Waals surface area contributed by atoms with Crippen molar-refractivity contribution in [1.29, 1.82) is 0 Å². The molecule has 0 spiro atoms. The van der Waals surface area contributed by atoms with Gasteiger partial charge in [0.25, 0.3) is 0 Å². The third-order valence-electron chi connectivity index (χ3n) is 3.27. The number of hydrogen-bond acceptors (Lipinski definition) is 3. The third-order valence-corrected chi connectivity index (χ3v) is 3.27. The van der Waals surface area contributed by atoms with Crippen molar-refractivity contribution in [2.45, 2.75) is 32.8 Å². The van der Waals surface area contributed by atoms with Crippen molar-refractivity contribution < 1.29 is 5.11 Å². The van der Waals surface area contributed by atoms with Crippen molar-refractivity contribution >= 4 is 0 Å². The average molecular weight is 192 g/mol. The van der Waals surface area contributed by atoms with Gasteiger partial charge in [-0.15, -0.1) is 0 Å². The van der Waals surface area contributed by atoms with Gasteiger partial charge in [-0.2, -0.15) is 0 Å². The molecule has 0 aliphatic heterocycles. The average Bonchev–Trinajstić information content (AvgIpc) is 2.78. The van der Waals surface area contributed by atoms with Crippen LogP contribution >= 0.6 is 0 Å². The molecule has 76 valence electrons. The van der Waals surface area contributed by atoms with E-state index in [1.807, 2.05) is 6.92 Å². The van der Waals surface area contributed by atoms with Crippen molar-refractivity contribution in [2.75, 3.05) is 0 Å². The first kappa shape index (κ1) is 9.59. The SMILES string of the molecule is CC1(C)CC1C(C)(O)c1cnccn1. The second-order valence-electron chi connectivity index (χ2n) is 4.98. The molecule has 1 aliphatic rings. The Kier molecular flexibility index (Phi) is 1.89. The van der Waals surface area contributed by atoms with Crippen LogP contribution in [0.4, 0.5) is 0 Å². The molecule has 2 rings (SSSR count). The van der Waals surface area contributed by atoms with Crippen LogP contribution in [0.1, 0.15) is 32.9 Å². The summed E-state index contributed by atoms with van der Waals surface area (Å²) in [6, 6.07) is 0. The lowest BCUT2D eigenvalue weighted by Gasteiger charge is -2.23. The van der Waals surface area contributed by atoms with Gasteiger partial charge in [0, 0.05) is 12.4 Å². The van der Waals surface area contributed by atoms with Crippen LogP contribution in [0.25, 0.3) is 0 Å². The molecule has 1 N–H and O–H groups in total. The van der Waals surface area contributed by atoms with Gasteiger partial charge in [-0.1, -0.05) is 13.8 Å². The summed E-state index contributed by atoms with van der Waals surface area (Å²) in [5.41, 5.74) is 0.0780. The Labute approximate surface area is 84.2 Å². The van der Waals surface area contributed by atoms with Gasteiger partial charge in [-0.05, 0) is 24.7 Å². The van der Waals surface area contributed by atoms with Crippen molar-refractivity contribution in [3.05, 3.63) is 24.3 Å². The molecule has 2 atom stereocenters. The maximum atomic E-state index is 10.4. The predicted octanol–water partition coefficient (Wildman–Crippen LogP) is 1.73. The van der Waals surface area contributed by atoms with E-state index in [4.69, 9.17) is 0 Å². The number of nitrogens with zero attached hydrogens (tertiary/aromatic N) is 2. The fourth-order valence-electron chi connectivity index (χ4n) is 2.17. The fourth-order valence-corrected chi connectivity index (χ4v) is 2.17. The molecule has 0 bridgehead atoms. The molecule has 1 saturated carbocycles. The Morgan fingerprint density at radius 1 is 1.50 bits per heavy atom. The molecule has 0 amide bonds. The molecule has 3 nitrogen and oxygen atoms in total. The lowest BCUT2D eigenvalue weighted by molar-refractivity contribution is 0.0163. The summed E-state index contributed by atoms with van der Waals surface area (Å²) in [4.78, 5) is 8.15. The monoisotopic (exact) mass is 192 g/mol. The van der Waals surface area contributed by atoms with Crippen LogP contribution in [-0.4, -0.2) is 15.1 Å². The van der Waals surface area contributed by atoms with E-state index in [0.29, 0.717) is 11.6 Å². The first-order valence-corrected chi connectivity index (χ1v) is 4.93. The Morgan fingerprint density at radius 2 is 2.14 bits per heavy atom. The number of aliphatic hydroxyl groups is 1. The number of aromatic nitrogens is 2. The quantitative estimate of drug-likeness (QED) is 0.776. The summed E-state index contributed by atoms with van der Waals surface area (Å²) in [5.74, 6) is 0.298. The molecule has 3 heteroatoms. The van der Waals surface area contributed by atoms with Gasteiger partial charge >= 0.3 is 0 Å². The molecule has 14 heavy (non-hydrogen) atoms. The number of rotatable bonds is 2. The summed E-state index contributed by atoms with van der Waals surface area (Å²) >= 11 is 0. The summed E-state index contributed by atoms with van der Waals surface area (Å²) in [5, 5.41) is 10.4. The lowest BCUT2D eigenvalue weighted by Crippen LogP contribution is -2.27. The smallest absolute Gasteiger partial charge is 0.109 e. The Hall–Kier alpha value is -0.960. The predicted molar refractivity (Wildman–Crippen MR) is 53.5 cm³/mol. The van der Waals surface area contributed by atoms with Gasteiger partial charge in [0.15, 0.2) is 0 Å². The maximum Gasteiger partial charge on any atom is 0.109 e. The topological polar surface area (TPSA) is 46.0 Å². The Balaban J connectivity index is 2.26. The lowest BCUT2D eigenvalue weighted by atomic mass is 9.91. The van der Waals surface area contributed by atoms with E-state index in [2.05, 4.69) is 23.8 Å². The van der Waals surface area contributed by atoms with Gasteiger partial charge in [-0.25, -0.2) is 0 Å².